The van der Waals surface area contributed by atoms with Gasteiger partial charge >= 0.3 is 0 Å². The minimum Gasteiger partial charge on any atom is -0.355 e. The van der Waals surface area contributed by atoms with Crippen molar-refractivity contribution in [2.75, 3.05) is 18.0 Å². The van der Waals surface area contributed by atoms with Crippen molar-refractivity contribution >= 4 is 33.3 Å². The van der Waals surface area contributed by atoms with E-state index in [-0.39, 0.29) is 11.8 Å². The Morgan fingerprint density at radius 2 is 2.11 bits per heavy atom. The van der Waals surface area contributed by atoms with Crippen LogP contribution in [-0.2, 0) is 17.8 Å². The van der Waals surface area contributed by atoms with Gasteiger partial charge in [0.2, 0.25) is 5.91 Å². The minimum absolute atomic E-state index is 0.00602. The molecule has 0 bridgehead atoms. The average molecular weight is 395 g/mol. The number of piperidine rings is 1. The van der Waals surface area contributed by atoms with Crippen LogP contribution in [0.15, 0.2) is 36.7 Å². The SMILES string of the molecule is CCc1cc2c(N3CCC[C@@H](C(=O)NCc4ccc(C)cc4)C3)ncnc2s1. The Kier molecular flexibility index (Phi) is 5.57. The molecule has 0 unspecified atom stereocenters. The van der Waals surface area contributed by atoms with Gasteiger partial charge in [-0.1, -0.05) is 36.8 Å². The molecule has 0 aliphatic carbocycles. The van der Waals surface area contributed by atoms with Gasteiger partial charge < -0.3 is 10.2 Å². The van der Waals surface area contributed by atoms with E-state index in [1.165, 1.54) is 10.4 Å². The highest BCUT2D eigenvalue weighted by Crippen LogP contribution is 2.32. The van der Waals surface area contributed by atoms with Crippen molar-refractivity contribution in [2.45, 2.75) is 39.7 Å². The van der Waals surface area contributed by atoms with Gasteiger partial charge in [-0.05, 0) is 37.8 Å². The third-order valence-corrected chi connectivity index (χ3v) is 6.57. The number of thiophene rings is 1. The number of fused-ring (bicyclic) bond motifs is 1. The van der Waals surface area contributed by atoms with Crippen LogP contribution in [0, 0.1) is 12.8 Å². The maximum atomic E-state index is 12.8. The number of benzene rings is 1. The number of carbonyl (C=O) groups is 1. The summed E-state index contributed by atoms with van der Waals surface area (Å²) in [6.07, 6.45) is 4.58. The lowest BCUT2D eigenvalue weighted by Crippen LogP contribution is -2.43. The highest BCUT2D eigenvalue weighted by Gasteiger charge is 2.27. The zero-order valence-electron chi connectivity index (χ0n) is 16.4. The standard InChI is InChI=1S/C22H26N4OS/c1-3-18-11-19-20(24-14-25-22(19)28-18)26-10-4-5-17(13-26)21(27)23-12-16-8-6-15(2)7-9-16/h6-9,11,14,17H,3-5,10,12-13H2,1-2H3,(H,23,27)/t17-/m1/s1. The summed E-state index contributed by atoms with van der Waals surface area (Å²) in [5.74, 6) is 1.10. The molecule has 2 aromatic heterocycles. The predicted octanol–water partition coefficient (Wildman–Crippen LogP) is 4.09. The molecule has 1 N–H and O–H groups in total. The van der Waals surface area contributed by atoms with Gasteiger partial charge in [0, 0.05) is 24.5 Å². The van der Waals surface area contributed by atoms with Crippen molar-refractivity contribution < 1.29 is 4.79 Å². The normalized spacial score (nSPS) is 17.1. The van der Waals surface area contributed by atoms with Crippen LogP contribution < -0.4 is 10.2 Å². The van der Waals surface area contributed by atoms with Crippen LogP contribution >= 0.6 is 11.3 Å². The van der Waals surface area contributed by atoms with Gasteiger partial charge in [-0.15, -0.1) is 11.3 Å². The molecule has 0 saturated carbocycles. The Balaban J connectivity index is 1.45. The van der Waals surface area contributed by atoms with Gasteiger partial charge in [-0.3, -0.25) is 4.79 Å². The molecule has 0 spiro atoms. The van der Waals surface area contributed by atoms with Gasteiger partial charge in [-0.25, -0.2) is 9.97 Å². The molecule has 1 atom stereocenters. The van der Waals surface area contributed by atoms with Crippen molar-refractivity contribution in [2.24, 2.45) is 5.92 Å². The number of amides is 1. The molecule has 146 valence electrons. The van der Waals surface area contributed by atoms with Crippen molar-refractivity contribution in [3.8, 4) is 0 Å². The number of anilines is 1. The molecule has 1 fully saturated rings. The van der Waals surface area contributed by atoms with Crippen molar-refractivity contribution in [1.29, 1.82) is 0 Å². The Bertz CT molecular complexity index is 966. The quantitative estimate of drug-likeness (QED) is 0.708. The first-order chi connectivity index (χ1) is 13.6. The first-order valence-electron chi connectivity index (χ1n) is 9.95. The lowest BCUT2D eigenvalue weighted by molar-refractivity contribution is -0.125. The summed E-state index contributed by atoms with van der Waals surface area (Å²) in [6.45, 7) is 6.46. The van der Waals surface area contributed by atoms with E-state index in [0.717, 1.165) is 47.4 Å². The Morgan fingerprint density at radius 1 is 1.29 bits per heavy atom. The molecule has 1 aliphatic heterocycles. The molecule has 28 heavy (non-hydrogen) atoms. The van der Waals surface area contributed by atoms with E-state index in [4.69, 9.17) is 0 Å². The summed E-state index contributed by atoms with van der Waals surface area (Å²) in [7, 11) is 0. The van der Waals surface area contributed by atoms with Gasteiger partial charge in [0.15, 0.2) is 0 Å². The first-order valence-corrected chi connectivity index (χ1v) is 10.8. The number of aromatic nitrogens is 2. The lowest BCUT2D eigenvalue weighted by atomic mass is 9.96. The number of nitrogens with one attached hydrogen (secondary N) is 1. The van der Waals surface area contributed by atoms with Gasteiger partial charge in [0.25, 0.3) is 0 Å². The molecular weight excluding hydrogens is 368 g/mol. The van der Waals surface area contributed by atoms with Gasteiger partial charge in [0.05, 0.1) is 11.3 Å². The fourth-order valence-electron chi connectivity index (χ4n) is 3.74. The summed E-state index contributed by atoms with van der Waals surface area (Å²) in [6, 6.07) is 10.5. The van der Waals surface area contributed by atoms with E-state index in [9.17, 15) is 4.79 Å². The molecule has 5 nitrogen and oxygen atoms in total. The summed E-state index contributed by atoms with van der Waals surface area (Å²) in [4.78, 5) is 26.4. The van der Waals surface area contributed by atoms with E-state index in [1.54, 1.807) is 17.7 Å². The zero-order chi connectivity index (χ0) is 19.5. The van der Waals surface area contributed by atoms with Crippen molar-refractivity contribution in [1.82, 2.24) is 15.3 Å². The number of hydrogen-bond acceptors (Lipinski definition) is 5. The number of carbonyl (C=O) groups excluding carboxylic acids is 1. The molecular formula is C22H26N4OS. The van der Waals surface area contributed by atoms with Crippen LogP contribution in [0.5, 0.6) is 0 Å². The predicted molar refractivity (Wildman–Crippen MR) is 115 cm³/mol. The largest absolute Gasteiger partial charge is 0.355 e. The molecule has 1 aliphatic rings. The Labute approximate surface area is 169 Å². The summed E-state index contributed by atoms with van der Waals surface area (Å²) in [5, 5.41) is 4.23. The molecule has 4 rings (SSSR count). The summed E-state index contributed by atoms with van der Waals surface area (Å²) in [5.41, 5.74) is 2.36. The van der Waals surface area contributed by atoms with Crippen LogP contribution in [0.2, 0.25) is 0 Å². The molecule has 3 heterocycles. The van der Waals surface area contributed by atoms with Crippen LogP contribution in [-0.4, -0.2) is 29.0 Å². The minimum atomic E-state index is -0.00602. The second kappa shape index (κ2) is 8.27. The molecule has 6 heteroatoms. The third-order valence-electron chi connectivity index (χ3n) is 5.39. The van der Waals surface area contributed by atoms with Crippen LogP contribution in [0.4, 0.5) is 5.82 Å². The first kappa shape index (κ1) is 18.9. The van der Waals surface area contributed by atoms with Crippen LogP contribution in [0.25, 0.3) is 10.2 Å². The van der Waals surface area contributed by atoms with Gasteiger partial charge in [0.1, 0.15) is 17.0 Å². The van der Waals surface area contributed by atoms with Crippen molar-refractivity contribution in [3.05, 3.63) is 52.7 Å². The highest BCUT2D eigenvalue weighted by molar-refractivity contribution is 7.18. The molecule has 1 saturated heterocycles. The molecule has 3 aromatic rings. The molecule has 1 amide bonds. The summed E-state index contributed by atoms with van der Waals surface area (Å²) >= 11 is 1.73. The van der Waals surface area contributed by atoms with E-state index in [0.29, 0.717) is 13.1 Å². The number of aryl methyl sites for hydroxylation is 2. The second-order valence-electron chi connectivity index (χ2n) is 7.47. The monoisotopic (exact) mass is 394 g/mol. The number of nitrogens with zero attached hydrogens (tertiary/aromatic N) is 3. The lowest BCUT2D eigenvalue weighted by Gasteiger charge is -2.33. The highest BCUT2D eigenvalue weighted by atomic mass is 32.1. The fourth-order valence-corrected chi connectivity index (χ4v) is 4.67. The van der Waals surface area contributed by atoms with E-state index in [1.807, 2.05) is 0 Å². The topological polar surface area (TPSA) is 58.1 Å². The maximum absolute atomic E-state index is 12.8. The van der Waals surface area contributed by atoms with E-state index >= 15 is 0 Å². The van der Waals surface area contributed by atoms with Crippen LogP contribution in [0.1, 0.15) is 35.8 Å². The average Bonchev–Trinajstić information content (AvgIpc) is 3.16. The zero-order valence-corrected chi connectivity index (χ0v) is 17.3. The van der Waals surface area contributed by atoms with E-state index in [2.05, 4.69) is 64.4 Å². The van der Waals surface area contributed by atoms with Crippen molar-refractivity contribution in [3.63, 3.8) is 0 Å². The third kappa shape index (κ3) is 4.02. The maximum Gasteiger partial charge on any atom is 0.225 e. The number of hydrogen-bond donors (Lipinski definition) is 1. The smallest absolute Gasteiger partial charge is 0.225 e. The van der Waals surface area contributed by atoms with Crippen LogP contribution in [0.3, 0.4) is 0 Å². The second-order valence-corrected chi connectivity index (χ2v) is 8.59. The molecule has 1 aromatic carbocycles. The number of rotatable bonds is 5. The Morgan fingerprint density at radius 3 is 2.89 bits per heavy atom. The Hall–Kier alpha value is -2.47. The fraction of sp³-hybridized carbons (Fsp3) is 0.409. The molecule has 0 radical (unpaired) electrons. The van der Waals surface area contributed by atoms with Gasteiger partial charge in [-0.2, -0.15) is 0 Å². The summed E-state index contributed by atoms with van der Waals surface area (Å²) < 4.78 is 0. The van der Waals surface area contributed by atoms with E-state index < -0.39 is 0 Å².